The van der Waals surface area contributed by atoms with Crippen LogP contribution in [0.1, 0.15) is 44.3 Å². The molecule has 0 N–H and O–H groups in total. The molecule has 1 atom stereocenters. The van der Waals surface area contributed by atoms with E-state index in [1.807, 2.05) is 0 Å². The van der Waals surface area contributed by atoms with Crippen molar-refractivity contribution in [2.45, 2.75) is 64.3 Å². The predicted molar refractivity (Wildman–Crippen MR) is 72.9 cm³/mol. The van der Waals surface area contributed by atoms with E-state index in [1.54, 1.807) is 7.11 Å². The van der Waals surface area contributed by atoms with Gasteiger partial charge in [-0.25, -0.2) is 0 Å². The number of nitrogens with zero attached hydrogens (tertiary/aromatic N) is 4. The van der Waals surface area contributed by atoms with Crippen LogP contribution in [0.2, 0.25) is 0 Å². The molecule has 1 aliphatic heterocycles. The lowest BCUT2D eigenvalue weighted by atomic mass is 10.1. The Morgan fingerprint density at radius 2 is 2.00 bits per heavy atom. The first-order valence-electron chi connectivity index (χ1n) is 7.45. The number of fused-ring (bicyclic) bond motifs is 1. The lowest BCUT2D eigenvalue weighted by molar-refractivity contribution is 0.144. The molecule has 0 spiro atoms. The molecule has 5 heteroatoms. The summed E-state index contributed by atoms with van der Waals surface area (Å²) in [6.45, 7) is 5.01. The molecule has 0 unspecified atom stereocenters. The quantitative estimate of drug-likeness (QED) is 0.832. The van der Waals surface area contributed by atoms with Crippen molar-refractivity contribution in [1.29, 1.82) is 0 Å². The van der Waals surface area contributed by atoms with Crippen LogP contribution < -0.4 is 0 Å². The molecule has 0 bridgehead atoms. The van der Waals surface area contributed by atoms with Crippen LogP contribution in [0, 0.1) is 0 Å². The summed E-state index contributed by atoms with van der Waals surface area (Å²) in [5.41, 5.74) is 0. The molecule has 0 amide bonds. The van der Waals surface area contributed by atoms with Crippen molar-refractivity contribution in [3.8, 4) is 0 Å². The van der Waals surface area contributed by atoms with Gasteiger partial charge in [0.1, 0.15) is 12.4 Å². The Kier molecular flexibility index (Phi) is 3.84. The summed E-state index contributed by atoms with van der Waals surface area (Å²) in [6, 6.07) is 1.36. The van der Waals surface area contributed by atoms with Crippen LogP contribution in [0.5, 0.6) is 0 Å². The average Bonchev–Trinajstić information content (AvgIpc) is 3.00. The van der Waals surface area contributed by atoms with Gasteiger partial charge in [-0.2, -0.15) is 0 Å². The zero-order valence-electron chi connectivity index (χ0n) is 12.0. The third-order valence-electron chi connectivity index (χ3n) is 4.60. The minimum absolute atomic E-state index is 0.560. The maximum absolute atomic E-state index is 5.21. The molecule has 106 valence electrons. The number of rotatable bonds is 3. The molecular formula is C14H24N4O. The van der Waals surface area contributed by atoms with Crippen molar-refractivity contribution in [2.75, 3.05) is 13.7 Å². The van der Waals surface area contributed by atoms with Gasteiger partial charge >= 0.3 is 0 Å². The fourth-order valence-electron chi connectivity index (χ4n) is 3.61. The van der Waals surface area contributed by atoms with E-state index in [2.05, 4.69) is 26.6 Å². The van der Waals surface area contributed by atoms with E-state index in [-0.39, 0.29) is 0 Å². The van der Waals surface area contributed by atoms with Gasteiger partial charge < -0.3 is 9.30 Å². The lowest BCUT2D eigenvalue weighted by Crippen LogP contribution is -2.41. The third-order valence-corrected chi connectivity index (χ3v) is 4.60. The van der Waals surface area contributed by atoms with Crippen LogP contribution in [-0.2, 0) is 24.3 Å². The van der Waals surface area contributed by atoms with E-state index < -0.39 is 0 Å². The standard InChI is InChI=1S/C14H24N4O/c1-11-9-13-15-16-14(10-19-2)18(13)8-7-17(11)12-5-3-4-6-12/h11-12H,3-10H2,1-2H3/t11-/m0/s1. The molecule has 2 heterocycles. The largest absolute Gasteiger partial charge is 0.377 e. The smallest absolute Gasteiger partial charge is 0.159 e. The molecule has 3 rings (SSSR count). The summed E-state index contributed by atoms with van der Waals surface area (Å²) >= 11 is 0. The molecule has 1 aliphatic carbocycles. The van der Waals surface area contributed by atoms with Crippen LogP contribution >= 0.6 is 0 Å². The summed E-state index contributed by atoms with van der Waals surface area (Å²) in [4.78, 5) is 2.69. The Balaban J connectivity index is 1.76. The highest BCUT2D eigenvalue weighted by molar-refractivity contribution is 5.01. The van der Waals surface area contributed by atoms with Crippen molar-refractivity contribution >= 4 is 0 Å². The van der Waals surface area contributed by atoms with Gasteiger partial charge in [0.05, 0.1) is 0 Å². The number of aromatic nitrogens is 3. The van der Waals surface area contributed by atoms with E-state index in [0.717, 1.165) is 37.2 Å². The van der Waals surface area contributed by atoms with Crippen molar-refractivity contribution in [2.24, 2.45) is 0 Å². The topological polar surface area (TPSA) is 43.2 Å². The van der Waals surface area contributed by atoms with Gasteiger partial charge in [-0.05, 0) is 19.8 Å². The number of methoxy groups -OCH3 is 1. The van der Waals surface area contributed by atoms with Gasteiger partial charge in [0.15, 0.2) is 5.82 Å². The molecule has 5 nitrogen and oxygen atoms in total. The van der Waals surface area contributed by atoms with Gasteiger partial charge in [-0.3, -0.25) is 4.90 Å². The Morgan fingerprint density at radius 1 is 1.21 bits per heavy atom. The normalized spacial score (nSPS) is 25.5. The highest BCUT2D eigenvalue weighted by atomic mass is 16.5. The average molecular weight is 264 g/mol. The van der Waals surface area contributed by atoms with Crippen molar-refractivity contribution < 1.29 is 4.74 Å². The van der Waals surface area contributed by atoms with Gasteiger partial charge in [-0.15, -0.1) is 10.2 Å². The molecule has 0 radical (unpaired) electrons. The maximum Gasteiger partial charge on any atom is 0.159 e. The molecule has 0 saturated heterocycles. The first-order chi connectivity index (χ1) is 9.29. The van der Waals surface area contributed by atoms with Gasteiger partial charge in [0.25, 0.3) is 0 Å². The summed E-state index contributed by atoms with van der Waals surface area (Å²) in [5, 5.41) is 8.61. The molecule has 1 aromatic heterocycles. The van der Waals surface area contributed by atoms with Crippen LogP contribution in [-0.4, -0.2) is 45.4 Å². The predicted octanol–water partition coefficient (Wildman–Crippen LogP) is 1.61. The monoisotopic (exact) mass is 264 g/mol. The number of hydrogen-bond acceptors (Lipinski definition) is 4. The molecule has 19 heavy (non-hydrogen) atoms. The van der Waals surface area contributed by atoms with Crippen molar-refractivity contribution in [3.63, 3.8) is 0 Å². The van der Waals surface area contributed by atoms with E-state index in [4.69, 9.17) is 4.74 Å². The van der Waals surface area contributed by atoms with Crippen LogP contribution in [0.3, 0.4) is 0 Å². The maximum atomic E-state index is 5.21. The second-order valence-corrected chi connectivity index (χ2v) is 5.85. The molecule has 2 aliphatic rings. The molecule has 0 aromatic carbocycles. The minimum Gasteiger partial charge on any atom is -0.377 e. The van der Waals surface area contributed by atoms with Crippen LogP contribution in [0.15, 0.2) is 0 Å². The number of hydrogen-bond donors (Lipinski definition) is 0. The van der Waals surface area contributed by atoms with Crippen LogP contribution in [0.4, 0.5) is 0 Å². The first-order valence-corrected chi connectivity index (χ1v) is 7.45. The highest BCUT2D eigenvalue weighted by Gasteiger charge is 2.30. The van der Waals surface area contributed by atoms with E-state index >= 15 is 0 Å². The van der Waals surface area contributed by atoms with E-state index in [0.29, 0.717) is 12.6 Å². The molecule has 1 fully saturated rings. The second-order valence-electron chi connectivity index (χ2n) is 5.85. The molecular weight excluding hydrogens is 240 g/mol. The zero-order valence-corrected chi connectivity index (χ0v) is 12.0. The minimum atomic E-state index is 0.560. The Bertz CT molecular complexity index is 425. The summed E-state index contributed by atoms with van der Waals surface area (Å²) < 4.78 is 7.47. The summed E-state index contributed by atoms with van der Waals surface area (Å²) in [5.74, 6) is 2.10. The fraction of sp³-hybridized carbons (Fsp3) is 0.857. The first kappa shape index (κ1) is 13.1. The fourth-order valence-corrected chi connectivity index (χ4v) is 3.61. The van der Waals surface area contributed by atoms with Gasteiger partial charge in [0, 0.05) is 38.7 Å². The SMILES string of the molecule is COCc1nnc2n1CCN(C1CCCC1)[C@@H](C)C2. The molecule has 1 aromatic rings. The third kappa shape index (κ3) is 2.54. The number of ether oxygens (including phenoxy) is 1. The summed E-state index contributed by atoms with van der Waals surface area (Å²) in [7, 11) is 1.71. The van der Waals surface area contributed by atoms with Gasteiger partial charge in [0.2, 0.25) is 0 Å². The Labute approximate surface area is 114 Å². The van der Waals surface area contributed by atoms with E-state index in [9.17, 15) is 0 Å². The van der Waals surface area contributed by atoms with Crippen molar-refractivity contribution in [3.05, 3.63) is 11.6 Å². The van der Waals surface area contributed by atoms with Crippen molar-refractivity contribution in [1.82, 2.24) is 19.7 Å². The Morgan fingerprint density at radius 3 is 2.74 bits per heavy atom. The highest BCUT2D eigenvalue weighted by Crippen LogP contribution is 2.27. The summed E-state index contributed by atoms with van der Waals surface area (Å²) in [6.07, 6.45) is 6.54. The Hall–Kier alpha value is -0.940. The van der Waals surface area contributed by atoms with Crippen LogP contribution in [0.25, 0.3) is 0 Å². The second kappa shape index (κ2) is 5.59. The lowest BCUT2D eigenvalue weighted by Gasteiger charge is -2.32. The van der Waals surface area contributed by atoms with E-state index in [1.165, 1.54) is 25.7 Å². The van der Waals surface area contributed by atoms with Gasteiger partial charge in [-0.1, -0.05) is 12.8 Å². The zero-order chi connectivity index (χ0) is 13.2. The molecule has 1 saturated carbocycles.